The molecule has 0 aromatic carbocycles. The molecule has 0 saturated heterocycles. The van der Waals surface area contributed by atoms with Gasteiger partial charge in [-0.2, -0.15) is 11.8 Å². The highest BCUT2D eigenvalue weighted by atomic mass is 32.2. The average molecular weight is 208 g/mol. The number of nitrogens with zero attached hydrogens (tertiary/aromatic N) is 2. The van der Waals surface area contributed by atoms with Crippen molar-refractivity contribution in [1.82, 2.24) is 9.97 Å². The van der Waals surface area contributed by atoms with Crippen molar-refractivity contribution < 1.29 is 0 Å². The first-order valence-electron chi connectivity index (χ1n) is 5.19. The summed E-state index contributed by atoms with van der Waals surface area (Å²) in [5.41, 5.74) is 3.95. The van der Waals surface area contributed by atoms with Crippen LogP contribution in [0.2, 0.25) is 0 Å². The van der Waals surface area contributed by atoms with Gasteiger partial charge in [-0.15, -0.1) is 0 Å². The quantitative estimate of drug-likeness (QED) is 0.709. The topological polar surface area (TPSA) is 25.8 Å². The minimum Gasteiger partial charge on any atom is -0.241 e. The molecule has 2 nitrogen and oxygen atoms in total. The summed E-state index contributed by atoms with van der Waals surface area (Å²) in [6, 6.07) is 0. The van der Waals surface area contributed by atoms with E-state index in [1.165, 1.54) is 29.1 Å². The summed E-state index contributed by atoms with van der Waals surface area (Å²) < 4.78 is 0. The summed E-state index contributed by atoms with van der Waals surface area (Å²) in [6.07, 6.45) is 4.11. The average Bonchev–Trinajstić information content (AvgIpc) is 2.41. The van der Waals surface area contributed by atoms with Crippen LogP contribution < -0.4 is 0 Å². The second-order valence-electron chi connectivity index (χ2n) is 3.99. The lowest BCUT2D eigenvalue weighted by Gasteiger charge is -2.12. The Morgan fingerprint density at radius 2 is 2.21 bits per heavy atom. The van der Waals surface area contributed by atoms with Crippen LogP contribution >= 0.6 is 11.8 Å². The van der Waals surface area contributed by atoms with Gasteiger partial charge in [-0.25, -0.2) is 9.97 Å². The largest absolute Gasteiger partial charge is 0.241 e. The van der Waals surface area contributed by atoms with Crippen molar-refractivity contribution >= 4 is 11.8 Å². The van der Waals surface area contributed by atoms with Gasteiger partial charge in [0.15, 0.2) is 0 Å². The summed E-state index contributed by atoms with van der Waals surface area (Å²) in [5.74, 6) is 2.88. The summed E-state index contributed by atoms with van der Waals surface area (Å²) >= 11 is 2.01. The highest BCUT2D eigenvalue weighted by Crippen LogP contribution is 2.27. The Hall–Kier alpha value is -0.570. The Labute approximate surface area is 89.5 Å². The van der Waals surface area contributed by atoms with Crippen LogP contribution in [0.25, 0.3) is 0 Å². The minimum absolute atomic E-state index is 0.519. The van der Waals surface area contributed by atoms with E-state index in [9.17, 15) is 0 Å². The molecular weight excluding hydrogens is 192 g/mol. The van der Waals surface area contributed by atoms with E-state index in [-0.39, 0.29) is 0 Å². The maximum absolute atomic E-state index is 4.41. The molecule has 0 atom stereocenters. The fourth-order valence-electron chi connectivity index (χ4n) is 1.85. The van der Waals surface area contributed by atoms with E-state index < -0.39 is 0 Å². The Morgan fingerprint density at radius 3 is 3.00 bits per heavy atom. The Balaban J connectivity index is 2.42. The molecule has 1 aromatic rings. The first-order chi connectivity index (χ1) is 6.79. The molecule has 1 aliphatic rings. The summed E-state index contributed by atoms with van der Waals surface area (Å²) in [6.45, 7) is 4.41. The van der Waals surface area contributed by atoms with Crippen LogP contribution in [0.15, 0.2) is 6.33 Å². The maximum atomic E-state index is 4.41. The molecule has 0 bridgehead atoms. The Bertz CT molecular complexity index is 323. The molecule has 0 unspecified atom stereocenters. The molecule has 0 amide bonds. The smallest absolute Gasteiger partial charge is 0.115 e. The molecule has 0 fully saturated rings. The van der Waals surface area contributed by atoms with Gasteiger partial charge in [0.25, 0.3) is 0 Å². The second-order valence-corrected chi connectivity index (χ2v) is 5.10. The monoisotopic (exact) mass is 208 g/mol. The van der Waals surface area contributed by atoms with Gasteiger partial charge >= 0.3 is 0 Å². The molecule has 1 aromatic heterocycles. The van der Waals surface area contributed by atoms with Gasteiger partial charge in [-0.1, -0.05) is 13.8 Å². The van der Waals surface area contributed by atoms with Gasteiger partial charge in [-0.3, -0.25) is 0 Å². The van der Waals surface area contributed by atoms with Gasteiger partial charge < -0.3 is 0 Å². The molecule has 2 heterocycles. The third kappa shape index (κ3) is 1.92. The molecule has 3 heteroatoms. The predicted octanol–water partition coefficient (Wildman–Crippen LogP) is 2.78. The number of hydrogen-bond donors (Lipinski definition) is 0. The van der Waals surface area contributed by atoms with Crippen LogP contribution in [0.4, 0.5) is 0 Å². The lowest BCUT2D eigenvalue weighted by atomic mass is 10.0. The zero-order chi connectivity index (χ0) is 9.97. The molecular formula is C11H16N2S. The van der Waals surface area contributed by atoms with Crippen molar-refractivity contribution in [3.05, 3.63) is 23.3 Å². The molecule has 0 radical (unpaired) electrons. The number of aromatic nitrogens is 2. The third-order valence-electron chi connectivity index (χ3n) is 2.56. The van der Waals surface area contributed by atoms with Crippen LogP contribution in [-0.2, 0) is 12.2 Å². The van der Waals surface area contributed by atoms with Gasteiger partial charge in [0.05, 0.1) is 5.69 Å². The molecule has 14 heavy (non-hydrogen) atoms. The molecule has 0 N–H and O–H groups in total. The summed E-state index contributed by atoms with van der Waals surface area (Å²) in [5, 5.41) is 0. The van der Waals surface area contributed by atoms with Crippen molar-refractivity contribution in [3.63, 3.8) is 0 Å². The standard InChI is InChI=1S/C11H16N2S/c1-8(2)11-9-6-14-5-3-4-10(9)12-7-13-11/h7-8H,3-6H2,1-2H3. The van der Waals surface area contributed by atoms with E-state index in [0.29, 0.717) is 5.92 Å². The zero-order valence-corrected chi connectivity index (χ0v) is 9.60. The highest BCUT2D eigenvalue weighted by Gasteiger charge is 2.15. The van der Waals surface area contributed by atoms with Crippen molar-refractivity contribution in [3.8, 4) is 0 Å². The first-order valence-corrected chi connectivity index (χ1v) is 6.35. The molecule has 0 aliphatic carbocycles. The third-order valence-corrected chi connectivity index (χ3v) is 3.63. The Kier molecular flexibility index (Phi) is 3.06. The molecule has 76 valence electrons. The number of rotatable bonds is 1. The van der Waals surface area contributed by atoms with E-state index >= 15 is 0 Å². The van der Waals surface area contributed by atoms with Crippen LogP contribution in [0, 0.1) is 0 Å². The Morgan fingerprint density at radius 1 is 1.36 bits per heavy atom. The van der Waals surface area contributed by atoms with Crippen LogP contribution in [0.1, 0.15) is 43.1 Å². The van der Waals surface area contributed by atoms with Crippen molar-refractivity contribution in [2.45, 2.75) is 38.4 Å². The predicted molar refractivity (Wildman–Crippen MR) is 60.6 cm³/mol. The zero-order valence-electron chi connectivity index (χ0n) is 8.79. The number of fused-ring (bicyclic) bond motifs is 1. The van der Waals surface area contributed by atoms with Crippen molar-refractivity contribution in [2.24, 2.45) is 0 Å². The molecule has 0 spiro atoms. The van der Waals surface area contributed by atoms with E-state index in [2.05, 4.69) is 23.8 Å². The van der Waals surface area contributed by atoms with Crippen LogP contribution in [0.3, 0.4) is 0 Å². The number of aryl methyl sites for hydroxylation is 1. The normalized spacial score (nSPS) is 16.5. The summed E-state index contributed by atoms with van der Waals surface area (Å²) in [7, 11) is 0. The SMILES string of the molecule is CC(C)c1ncnc2c1CSCCC2. The van der Waals surface area contributed by atoms with Gasteiger partial charge in [0.1, 0.15) is 6.33 Å². The lowest BCUT2D eigenvalue weighted by molar-refractivity contribution is 0.777. The van der Waals surface area contributed by atoms with E-state index in [4.69, 9.17) is 0 Å². The van der Waals surface area contributed by atoms with E-state index in [1.54, 1.807) is 6.33 Å². The van der Waals surface area contributed by atoms with Crippen molar-refractivity contribution in [2.75, 3.05) is 5.75 Å². The van der Waals surface area contributed by atoms with Crippen LogP contribution in [0.5, 0.6) is 0 Å². The minimum atomic E-state index is 0.519. The van der Waals surface area contributed by atoms with Gasteiger partial charge in [0, 0.05) is 17.0 Å². The summed E-state index contributed by atoms with van der Waals surface area (Å²) in [4.78, 5) is 8.81. The number of hydrogen-bond acceptors (Lipinski definition) is 3. The van der Waals surface area contributed by atoms with E-state index in [0.717, 1.165) is 12.2 Å². The van der Waals surface area contributed by atoms with Crippen molar-refractivity contribution in [1.29, 1.82) is 0 Å². The molecule has 0 saturated carbocycles. The van der Waals surface area contributed by atoms with Crippen LogP contribution in [-0.4, -0.2) is 15.7 Å². The molecule has 1 aliphatic heterocycles. The molecule has 2 rings (SSSR count). The lowest BCUT2D eigenvalue weighted by Crippen LogP contribution is -2.04. The number of thioether (sulfide) groups is 1. The fraction of sp³-hybridized carbons (Fsp3) is 0.636. The van der Waals surface area contributed by atoms with Gasteiger partial charge in [-0.05, 0) is 24.5 Å². The second kappa shape index (κ2) is 4.30. The maximum Gasteiger partial charge on any atom is 0.115 e. The van der Waals surface area contributed by atoms with E-state index in [1.807, 2.05) is 11.8 Å². The fourth-order valence-corrected chi connectivity index (χ4v) is 2.86. The highest BCUT2D eigenvalue weighted by molar-refractivity contribution is 7.98. The first kappa shape index (κ1) is 9.97. The van der Waals surface area contributed by atoms with Gasteiger partial charge in [0.2, 0.25) is 0 Å².